The fraction of sp³-hybridized carbons (Fsp3) is 0.462. The van der Waals surface area contributed by atoms with Gasteiger partial charge in [-0.15, -0.1) is 0 Å². The van der Waals surface area contributed by atoms with Gasteiger partial charge >= 0.3 is 0 Å². The van der Waals surface area contributed by atoms with E-state index >= 15 is 0 Å². The first-order chi connectivity index (χ1) is 8.78. The van der Waals surface area contributed by atoms with Crippen LogP contribution in [0.25, 0.3) is 11.0 Å². The maximum atomic E-state index is 9.31. The van der Waals surface area contributed by atoms with E-state index < -0.39 is 0 Å². The van der Waals surface area contributed by atoms with Crippen molar-refractivity contribution in [1.29, 1.82) is 0 Å². The molecule has 1 aliphatic rings. The molecule has 5 heteroatoms. The van der Waals surface area contributed by atoms with Crippen LogP contribution in [0.2, 0.25) is 0 Å². The lowest BCUT2D eigenvalue weighted by molar-refractivity contribution is 0.153. The number of benzene rings is 1. The summed E-state index contributed by atoms with van der Waals surface area (Å²) < 4.78 is 5.09. The van der Waals surface area contributed by atoms with E-state index in [1.54, 1.807) is 0 Å². The van der Waals surface area contributed by atoms with E-state index in [0.717, 1.165) is 36.9 Å². The van der Waals surface area contributed by atoms with E-state index in [-0.39, 0.29) is 6.61 Å². The summed E-state index contributed by atoms with van der Waals surface area (Å²) >= 11 is 0. The molecule has 0 amide bonds. The second-order valence-corrected chi connectivity index (χ2v) is 4.85. The Balaban J connectivity index is 1.83. The fourth-order valence-electron chi connectivity index (χ4n) is 2.65. The molecule has 2 aromatic rings. The van der Waals surface area contributed by atoms with Crippen LogP contribution in [0.3, 0.4) is 0 Å². The Kier molecular flexibility index (Phi) is 2.93. The minimum Gasteiger partial charge on any atom is -0.395 e. The zero-order valence-corrected chi connectivity index (χ0v) is 10.2. The molecule has 0 aliphatic carbocycles. The standard InChI is InChI=1S/C13H17N3O2/c14-13-11-6-9(3-4-12(11)18-15-13)7-16-5-1-2-10(16)8-17/h3-4,6,10,17H,1-2,5,7-8H2,(H2,14,15)/t10-/m1/s1. The van der Waals surface area contributed by atoms with Crippen molar-refractivity contribution in [3.05, 3.63) is 23.8 Å². The minimum atomic E-state index is 0.234. The lowest BCUT2D eigenvalue weighted by Gasteiger charge is -2.22. The predicted octanol–water partition coefficient (Wildman–Crippen LogP) is 1.37. The molecule has 18 heavy (non-hydrogen) atoms. The lowest BCUT2D eigenvalue weighted by Crippen LogP contribution is -2.31. The van der Waals surface area contributed by atoms with Gasteiger partial charge in [0.2, 0.25) is 0 Å². The number of nitrogens with two attached hydrogens (primary N) is 1. The Bertz CT molecular complexity index is 552. The monoisotopic (exact) mass is 247 g/mol. The number of rotatable bonds is 3. The van der Waals surface area contributed by atoms with Gasteiger partial charge in [-0.1, -0.05) is 11.2 Å². The van der Waals surface area contributed by atoms with Crippen LogP contribution in [0.15, 0.2) is 22.7 Å². The molecule has 0 bridgehead atoms. The summed E-state index contributed by atoms with van der Waals surface area (Å²) in [5.74, 6) is 0.437. The van der Waals surface area contributed by atoms with Crippen LogP contribution < -0.4 is 5.73 Å². The molecule has 2 heterocycles. The number of aromatic nitrogens is 1. The van der Waals surface area contributed by atoms with Crippen molar-refractivity contribution in [1.82, 2.24) is 10.1 Å². The van der Waals surface area contributed by atoms with Crippen molar-refractivity contribution in [2.75, 3.05) is 18.9 Å². The largest absolute Gasteiger partial charge is 0.395 e. The lowest BCUT2D eigenvalue weighted by atomic mass is 10.1. The first-order valence-corrected chi connectivity index (χ1v) is 6.26. The van der Waals surface area contributed by atoms with E-state index in [2.05, 4.69) is 10.1 Å². The van der Waals surface area contributed by atoms with Crippen LogP contribution in [0.4, 0.5) is 5.82 Å². The van der Waals surface area contributed by atoms with Gasteiger partial charge in [0.05, 0.1) is 12.0 Å². The number of nitrogens with zero attached hydrogens (tertiary/aromatic N) is 2. The molecule has 1 aromatic heterocycles. The highest BCUT2D eigenvalue weighted by Crippen LogP contribution is 2.24. The normalized spacial score (nSPS) is 20.8. The molecule has 0 spiro atoms. The number of nitrogen functional groups attached to an aromatic ring is 1. The molecule has 5 nitrogen and oxygen atoms in total. The van der Waals surface area contributed by atoms with Crippen LogP contribution in [0, 0.1) is 0 Å². The summed E-state index contributed by atoms with van der Waals surface area (Å²) in [4.78, 5) is 2.31. The van der Waals surface area contributed by atoms with Gasteiger partial charge < -0.3 is 15.4 Å². The van der Waals surface area contributed by atoms with Crippen molar-refractivity contribution in [2.24, 2.45) is 0 Å². The van der Waals surface area contributed by atoms with Crippen molar-refractivity contribution in [2.45, 2.75) is 25.4 Å². The number of likely N-dealkylation sites (tertiary alicyclic amines) is 1. The van der Waals surface area contributed by atoms with Crippen LogP contribution >= 0.6 is 0 Å². The Morgan fingerprint density at radius 1 is 1.50 bits per heavy atom. The third kappa shape index (κ3) is 1.95. The molecule has 1 aromatic carbocycles. The zero-order chi connectivity index (χ0) is 12.5. The van der Waals surface area contributed by atoms with Gasteiger partial charge in [-0.3, -0.25) is 4.90 Å². The maximum Gasteiger partial charge on any atom is 0.174 e. The van der Waals surface area contributed by atoms with Crippen LogP contribution in [-0.2, 0) is 6.54 Å². The summed E-state index contributed by atoms with van der Waals surface area (Å²) in [7, 11) is 0. The molecule has 1 saturated heterocycles. The summed E-state index contributed by atoms with van der Waals surface area (Å²) in [5.41, 5.74) is 7.65. The Morgan fingerprint density at radius 2 is 2.39 bits per heavy atom. The predicted molar refractivity (Wildman–Crippen MR) is 68.9 cm³/mol. The third-order valence-electron chi connectivity index (χ3n) is 3.66. The molecule has 1 aliphatic heterocycles. The van der Waals surface area contributed by atoms with Crippen LogP contribution in [0.1, 0.15) is 18.4 Å². The summed E-state index contributed by atoms with van der Waals surface area (Å²) in [5, 5.41) is 13.9. The number of hydrogen-bond donors (Lipinski definition) is 2. The summed E-state index contributed by atoms with van der Waals surface area (Å²) in [6, 6.07) is 6.24. The Hall–Kier alpha value is -1.59. The van der Waals surface area contributed by atoms with E-state index in [9.17, 15) is 5.11 Å². The Labute approximate surface area is 105 Å². The van der Waals surface area contributed by atoms with E-state index in [1.807, 2.05) is 18.2 Å². The van der Waals surface area contributed by atoms with Gasteiger partial charge in [-0.25, -0.2) is 0 Å². The van der Waals surface area contributed by atoms with E-state index in [4.69, 9.17) is 10.3 Å². The second kappa shape index (κ2) is 4.59. The topological polar surface area (TPSA) is 75.5 Å². The van der Waals surface area contributed by atoms with Gasteiger partial charge in [0.25, 0.3) is 0 Å². The highest BCUT2D eigenvalue weighted by Gasteiger charge is 2.23. The van der Waals surface area contributed by atoms with Crippen LogP contribution in [-0.4, -0.2) is 34.4 Å². The molecular weight excluding hydrogens is 230 g/mol. The average molecular weight is 247 g/mol. The summed E-state index contributed by atoms with van der Waals surface area (Å²) in [6.45, 7) is 2.12. The van der Waals surface area contributed by atoms with Crippen LogP contribution in [0.5, 0.6) is 0 Å². The first-order valence-electron chi connectivity index (χ1n) is 6.26. The van der Waals surface area contributed by atoms with Gasteiger partial charge in [0.15, 0.2) is 11.4 Å². The van der Waals surface area contributed by atoms with Crippen molar-refractivity contribution in [3.8, 4) is 0 Å². The minimum absolute atomic E-state index is 0.234. The smallest absolute Gasteiger partial charge is 0.174 e. The van der Waals surface area contributed by atoms with Gasteiger partial charge in [-0.05, 0) is 37.1 Å². The molecule has 1 atom stereocenters. The Morgan fingerprint density at radius 3 is 3.22 bits per heavy atom. The second-order valence-electron chi connectivity index (χ2n) is 4.85. The first kappa shape index (κ1) is 11.5. The molecular formula is C13H17N3O2. The van der Waals surface area contributed by atoms with E-state index in [0.29, 0.717) is 11.9 Å². The van der Waals surface area contributed by atoms with Gasteiger partial charge in [0.1, 0.15) is 0 Å². The van der Waals surface area contributed by atoms with Crippen molar-refractivity contribution >= 4 is 16.8 Å². The number of anilines is 1. The highest BCUT2D eigenvalue weighted by atomic mass is 16.5. The number of aliphatic hydroxyl groups excluding tert-OH is 1. The molecule has 1 fully saturated rings. The maximum absolute atomic E-state index is 9.31. The van der Waals surface area contributed by atoms with Gasteiger partial charge in [-0.2, -0.15) is 0 Å². The third-order valence-corrected chi connectivity index (χ3v) is 3.66. The molecule has 96 valence electrons. The number of hydrogen-bond acceptors (Lipinski definition) is 5. The van der Waals surface area contributed by atoms with Gasteiger partial charge in [0, 0.05) is 12.6 Å². The zero-order valence-electron chi connectivity index (χ0n) is 10.2. The molecule has 0 saturated carbocycles. The quantitative estimate of drug-likeness (QED) is 0.856. The SMILES string of the molecule is Nc1noc2ccc(CN3CCC[C@@H]3CO)cc12. The molecule has 3 rings (SSSR count). The van der Waals surface area contributed by atoms with Crippen molar-refractivity contribution in [3.63, 3.8) is 0 Å². The summed E-state index contributed by atoms with van der Waals surface area (Å²) in [6.07, 6.45) is 2.23. The van der Waals surface area contributed by atoms with Crippen molar-refractivity contribution < 1.29 is 9.63 Å². The fourth-order valence-corrected chi connectivity index (χ4v) is 2.65. The molecule has 0 unspecified atom stereocenters. The molecule has 0 radical (unpaired) electrons. The van der Waals surface area contributed by atoms with E-state index in [1.165, 1.54) is 5.56 Å². The highest BCUT2D eigenvalue weighted by molar-refractivity contribution is 5.87. The average Bonchev–Trinajstić information content (AvgIpc) is 2.97. The number of aliphatic hydroxyl groups is 1. The molecule has 3 N–H and O–H groups in total. The number of fused-ring (bicyclic) bond motifs is 1.